The molecule has 198 valence electrons. The van der Waals surface area contributed by atoms with Gasteiger partial charge in [0, 0.05) is 33.2 Å². The molecular weight excluding hydrogens is 452 g/mol. The molecule has 3 N–H and O–H groups in total. The van der Waals surface area contributed by atoms with Crippen LogP contribution in [0.5, 0.6) is 0 Å². The van der Waals surface area contributed by atoms with Crippen LogP contribution in [0.4, 0.5) is 0 Å². The second-order valence-electron chi connectivity index (χ2n) is 11.3. The normalized spacial score (nSPS) is 37.6. The van der Waals surface area contributed by atoms with Gasteiger partial charge in [0.1, 0.15) is 11.6 Å². The van der Waals surface area contributed by atoms with E-state index in [9.17, 15) is 19.5 Å². The van der Waals surface area contributed by atoms with Gasteiger partial charge < -0.3 is 30.1 Å². The lowest BCUT2D eigenvalue weighted by Gasteiger charge is -2.37. The number of nitrogens with zero attached hydrogens (tertiary/aromatic N) is 2. The molecular formula is C25H42N4O6. The monoisotopic (exact) mass is 494 g/mol. The standard InChI is InChI=1S/C25H42N4O6/c1-15(2)12-17(14-30)29-20(22(32)27-6-7-28-8-10-34-11-9-28)25-13-16(3)24(4,35-25)18(21(31)26-5)19(25)23(29)33/h15-20,30H,6-14H2,1-5H3,(H,26,31)(H,27,32)/t16?,17-,18+,19+,20?,24-,25?/m1/s1. The van der Waals surface area contributed by atoms with Gasteiger partial charge in [-0.15, -0.1) is 0 Å². The van der Waals surface area contributed by atoms with Crippen molar-refractivity contribution in [2.24, 2.45) is 23.7 Å². The van der Waals surface area contributed by atoms with Gasteiger partial charge in [-0.1, -0.05) is 20.8 Å². The average Bonchev–Trinajstić information content (AvgIpc) is 3.34. The summed E-state index contributed by atoms with van der Waals surface area (Å²) >= 11 is 0. The second-order valence-corrected chi connectivity index (χ2v) is 11.3. The van der Waals surface area contributed by atoms with Gasteiger partial charge >= 0.3 is 0 Å². The first-order valence-corrected chi connectivity index (χ1v) is 13.0. The van der Waals surface area contributed by atoms with Crippen molar-refractivity contribution in [3.05, 3.63) is 0 Å². The smallest absolute Gasteiger partial charge is 0.245 e. The molecule has 0 radical (unpaired) electrons. The summed E-state index contributed by atoms with van der Waals surface area (Å²) in [5, 5.41) is 16.1. The molecule has 0 saturated carbocycles. The minimum atomic E-state index is -1.09. The van der Waals surface area contributed by atoms with Crippen LogP contribution in [0.2, 0.25) is 0 Å². The van der Waals surface area contributed by atoms with Crippen molar-refractivity contribution in [1.29, 1.82) is 0 Å². The number of hydrogen-bond donors (Lipinski definition) is 3. The molecule has 0 aliphatic carbocycles. The Labute approximate surface area is 208 Å². The molecule has 2 bridgehead atoms. The summed E-state index contributed by atoms with van der Waals surface area (Å²) in [5.74, 6) is -2.00. The zero-order valence-corrected chi connectivity index (χ0v) is 21.7. The maximum atomic E-state index is 14.0. The van der Waals surface area contributed by atoms with Crippen LogP contribution in [0.25, 0.3) is 0 Å². The SMILES string of the molecule is CNC(=O)[C@@H]1[C@H]2C(=O)N([C@@H](CO)CC(C)C)C(C(=O)NCCN3CCOCC3)C23CC(C)[C@@]1(C)O3. The summed E-state index contributed by atoms with van der Waals surface area (Å²) in [6.07, 6.45) is 1.07. The van der Waals surface area contributed by atoms with Crippen LogP contribution in [0.3, 0.4) is 0 Å². The van der Waals surface area contributed by atoms with E-state index in [0.29, 0.717) is 39.1 Å². The molecule has 7 atom stereocenters. The quantitative estimate of drug-likeness (QED) is 0.399. The van der Waals surface area contributed by atoms with E-state index in [1.54, 1.807) is 11.9 Å². The van der Waals surface area contributed by atoms with Crippen molar-refractivity contribution < 1.29 is 29.0 Å². The van der Waals surface area contributed by atoms with Crippen molar-refractivity contribution >= 4 is 17.7 Å². The maximum Gasteiger partial charge on any atom is 0.245 e. The molecule has 4 fully saturated rings. The Morgan fingerprint density at radius 2 is 1.91 bits per heavy atom. The van der Waals surface area contributed by atoms with Crippen molar-refractivity contribution in [1.82, 2.24) is 20.4 Å². The molecule has 4 aliphatic rings. The van der Waals surface area contributed by atoms with E-state index >= 15 is 0 Å². The van der Waals surface area contributed by atoms with Crippen LogP contribution in [0, 0.1) is 23.7 Å². The first-order chi connectivity index (χ1) is 16.6. The minimum Gasteiger partial charge on any atom is -0.394 e. The van der Waals surface area contributed by atoms with E-state index in [0.717, 1.165) is 13.1 Å². The number of nitrogens with one attached hydrogen (secondary N) is 2. The minimum absolute atomic E-state index is 0.00451. The number of amides is 3. The van der Waals surface area contributed by atoms with Crippen molar-refractivity contribution in [2.75, 3.05) is 53.0 Å². The van der Waals surface area contributed by atoms with E-state index in [1.165, 1.54) is 0 Å². The maximum absolute atomic E-state index is 14.0. The van der Waals surface area contributed by atoms with Gasteiger partial charge in [0.2, 0.25) is 17.7 Å². The van der Waals surface area contributed by atoms with E-state index in [4.69, 9.17) is 9.47 Å². The summed E-state index contributed by atoms with van der Waals surface area (Å²) in [5.41, 5.74) is -1.92. The molecule has 0 aromatic rings. The number of carbonyl (C=O) groups is 3. The lowest BCUT2D eigenvalue weighted by molar-refractivity contribution is -0.151. The fraction of sp³-hybridized carbons (Fsp3) is 0.880. The first-order valence-electron chi connectivity index (χ1n) is 13.0. The molecule has 4 heterocycles. The van der Waals surface area contributed by atoms with Gasteiger partial charge in [-0.25, -0.2) is 0 Å². The predicted octanol–water partition coefficient (Wildman–Crippen LogP) is -0.401. The van der Waals surface area contributed by atoms with Crippen LogP contribution in [0.15, 0.2) is 0 Å². The number of aliphatic hydroxyl groups is 1. The molecule has 1 spiro atoms. The molecule has 3 amide bonds. The Morgan fingerprint density at radius 3 is 2.51 bits per heavy atom. The van der Waals surface area contributed by atoms with Crippen molar-refractivity contribution in [2.45, 2.75) is 63.8 Å². The lowest BCUT2D eigenvalue weighted by Crippen LogP contribution is -2.59. The Balaban J connectivity index is 1.65. The van der Waals surface area contributed by atoms with Crippen LogP contribution in [0.1, 0.15) is 40.5 Å². The number of fused-ring (bicyclic) bond motifs is 1. The topological polar surface area (TPSA) is 120 Å². The fourth-order valence-electron chi connectivity index (χ4n) is 7.00. The number of rotatable bonds is 9. The number of likely N-dealkylation sites (tertiary alicyclic amines) is 1. The summed E-state index contributed by atoms with van der Waals surface area (Å²) < 4.78 is 12.1. The number of ether oxygens (including phenoxy) is 2. The Hall–Kier alpha value is -1.75. The number of aliphatic hydroxyl groups excluding tert-OH is 1. The first kappa shape index (κ1) is 26.3. The van der Waals surface area contributed by atoms with Gasteiger partial charge in [0.25, 0.3) is 0 Å². The van der Waals surface area contributed by atoms with Gasteiger partial charge in [-0.05, 0) is 31.6 Å². The molecule has 10 nitrogen and oxygen atoms in total. The van der Waals surface area contributed by atoms with E-state index < -0.39 is 35.1 Å². The van der Waals surface area contributed by atoms with Gasteiger partial charge in [0.15, 0.2) is 0 Å². The number of carbonyl (C=O) groups excluding carboxylic acids is 3. The summed E-state index contributed by atoms with van der Waals surface area (Å²) in [6, 6.07) is -1.41. The Kier molecular flexibility index (Phi) is 7.48. The van der Waals surface area contributed by atoms with Crippen LogP contribution >= 0.6 is 0 Å². The molecule has 0 aromatic heterocycles. The zero-order valence-electron chi connectivity index (χ0n) is 21.7. The fourth-order valence-corrected chi connectivity index (χ4v) is 7.00. The van der Waals surface area contributed by atoms with Crippen LogP contribution < -0.4 is 10.6 Å². The molecule has 4 rings (SSSR count). The van der Waals surface area contributed by atoms with Crippen LogP contribution in [-0.2, 0) is 23.9 Å². The van der Waals surface area contributed by atoms with Gasteiger partial charge in [-0.2, -0.15) is 0 Å². The molecule has 35 heavy (non-hydrogen) atoms. The number of morpholine rings is 1. The highest BCUT2D eigenvalue weighted by atomic mass is 16.5. The summed E-state index contributed by atoms with van der Waals surface area (Å²) in [6.45, 7) is 11.9. The molecule has 3 unspecified atom stereocenters. The van der Waals surface area contributed by atoms with Crippen molar-refractivity contribution in [3.8, 4) is 0 Å². The third-order valence-corrected chi connectivity index (χ3v) is 8.71. The molecule has 0 aromatic carbocycles. The van der Waals surface area contributed by atoms with Crippen molar-refractivity contribution in [3.63, 3.8) is 0 Å². The lowest BCUT2D eigenvalue weighted by atomic mass is 9.62. The Bertz CT molecular complexity index is 833. The van der Waals surface area contributed by atoms with Crippen LogP contribution in [-0.4, -0.2) is 109 Å². The summed E-state index contributed by atoms with van der Waals surface area (Å²) in [4.78, 5) is 44.7. The largest absolute Gasteiger partial charge is 0.394 e. The van der Waals surface area contributed by atoms with E-state index in [-0.39, 0.29) is 36.2 Å². The molecule has 10 heteroatoms. The zero-order chi connectivity index (χ0) is 25.5. The highest BCUT2D eigenvalue weighted by molar-refractivity contribution is 5.99. The summed E-state index contributed by atoms with van der Waals surface area (Å²) in [7, 11) is 1.57. The van der Waals surface area contributed by atoms with E-state index in [2.05, 4.69) is 15.5 Å². The van der Waals surface area contributed by atoms with Gasteiger partial charge in [-0.3, -0.25) is 19.3 Å². The molecule has 4 saturated heterocycles. The number of hydrogen-bond acceptors (Lipinski definition) is 7. The van der Waals surface area contributed by atoms with E-state index in [1.807, 2.05) is 27.7 Å². The predicted molar refractivity (Wildman–Crippen MR) is 128 cm³/mol. The average molecular weight is 495 g/mol. The second kappa shape index (κ2) is 9.95. The molecule has 4 aliphatic heterocycles. The third-order valence-electron chi connectivity index (χ3n) is 8.71. The van der Waals surface area contributed by atoms with Gasteiger partial charge in [0.05, 0.1) is 43.3 Å². The highest BCUT2D eigenvalue weighted by Gasteiger charge is 2.80. The third kappa shape index (κ3) is 4.26. The Morgan fingerprint density at radius 1 is 1.23 bits per heavy atom. The highest BCUT2D eigenvalue weighted by Crippen LogP contribution is 2.65.